The van der Waals surface area contributed by atoms with Crippen molar-refractivity contribution in [2.75, 3.05) is 14.2 Å². The number of ether oxygens (including phenoxy) is 3. The summed E-state index contributed by atoms with van der Waals surface area (Å²) in [5, 5.41) is 11.1. The van der Waals surface area contributed by atoms with E-state index in [0.717, 1.165) is 43.0 Å². The van der Waals surface area contributed by atoms with Crippen LogP contribution in [0.15, 0.2) is 54.9 Å². The molecule has 0 radical (unpaired) electrons. The molecule has 216 valence electrons. The van der Waals surface area contributed by atoms with Gasteiger partial charge in [0.15, 0.2) is 5.75 Å². The number of carboxylic acids is 1. The summed E-state index contributed by atoms with van der Waals surface area (Å²) in [6, 6.07) is 13.1. The van der Waals surface area contributed by atoms with Crippen molar-refractivity contribution in [1.82, 2.24) is 15.0 Å². The van der Waals surface area contributed by atoms with Gasteiger partial charge in [-0.3, -0.25) is 9.78 Å². The van der Waals surface area contributed by atoms with Crippen LogP contribution in [0.1, 0.15) is 31.9 Å². The number of pyridine rings is 2. The molecule has 0 aliphatic carbocycles. The number of carbonyl (C=O) groups is 1. The summed E-state index contributed by atoms with van der Waals surface area (Å²) in [6.07, 6.45) is 3.26. The van der Waals surface area contributed by atoms with Crippen LogP contribution in [-0.4, -0.2) is 45.8 Å². The van der Waals surface area contributed by atoms with Gasteiger partial charge in [-0.05, 0) is 81.3 Å². The van der Waals surface area contributed by atoms with Crippen molar-refractivity contribution in [1.29, 1.82) is 0 Å². The molecule has 0 bridgehead atoms. The van der Waals surface area contributed by atoms with E-state index in [1.54, 1.807) is 31.6 Å². The molecule has 0 unspecified atom stereocenters. The van der Waals surface area contributed by atoms with Gasteiger partial charge in [0.1, 0.15) is 16.4 Å². The minimum atomic E-state index is -0.919. The highest BCUT2D eigenvalue weighted by atomic mass is 35.5. The number of aryl methyl sites for hydroxylation is 1. The number of nitrogens with zero attached hydrogens (tertiary/aromatic N) is 3. The lowest BCUT2D eigenvalue weighted by Gasteiger charge is -2.24. The number of aliphatic carboxylic acids is 1. The fraction of sp³-hybridized carbons (Fsp3) is 0.250. The minimum absolute atomic E-state index is 0.145. The van der Waals surface area contributed by atoms with Gasteiger partial charge in [0.05, 0.1) is 36.6 Å². The van der Waals surface area contributed by atoms with Crippen LogP contribution in [0.4, 0.5) is 0 Å². The first-order valence-corrected chi connectivity index (χ1v) is 14.4. The quantitative estimate of drug-likeness (QED) is 0.191. The molecule has 0 aliphatic rings. The summed E-state index contributed by atoms with van der Waals surface area (Å²) in [5.41, 5.74) is 5.68. The maximum atomic E-state index is 12.0. The summed E-state index contributed by atoms with van der Waals surface area (Å²) < 4.78 is 17.9. The van der Waals surface area contributed by atoms with Crippen LogP contribution in [0, 0.1) is 6.92 Å². The molecule has 0 saturated heterocycles. The van der Waals surface area contributed by atoms with Gasteiger partial charge in [-0.15, -0.1) is 11.3 Å². The number of thiazole rings is 1. The molecule has 3 aromatic heterocycles. The Hall–Kier alpha value is -4.21. The fourth-order valence-electron chi connectivity index (χ4n) is 4.73. The highest BCUT2D eigenvalue weighted by Crippen LogP contribution is 2.45. The van der Waals surface area contributed by atoms with Crippen molar-refractivity contribution >= 4 is 39.1 Å². The zero-order valence-corrected chi connectivity index (χ0v) is 25.7. The first kappa shape index (κ1) is 29.3. The Morgan fingerprint density at radius 3 is 2.48 bits per heavy atom. The smallest absolute Gasteiger partial charge is 0.307 e. The van der Waals surface area contributed by atoms with Crippen LogP contribution in [-0.2, 0) is 11.2 Å². The number of hydrogen-bond donors (Lipinski definition) is 1. The first-order valence-electron chi connectivity index (χ1n) is 13.2. The van der Waals surface area contributed by atoms with Crippen molar-refractivity contribution < 1.29 is 24.1 Å². The Morgan fingerprint density at radius 1 is 1.00 bits per heavy atom. The Balaban J connectivity index is 1.70. The Labute approximate surface area is 252 Å². The summed E-state index contributed by atoms with van der Waals surface area (Å²) in [4.78, 5) is 25.9. The fourth-order valence-corrected chi connectivity index (χ4v) is 6.02. The zero-order chi connectivity index (χ0) is 30.2. The second-order valence-electron chi connectivity index (χ2n) is 10.7. The third-order valence-corrected chi connectivity index (χ3v) is 7.88. The second kappa shape index (κ2) is 11.6. The maximum Gasteiger partial charge on any atom is 0.307 e. The molecule has 42 heavy (non-hydrogen) atoms. The van der Waals surface area contributed by atoms with E-state index in [9.17, 15) is 9.90 Å². The Bertz CT molecular complexity index is 1810. The number of carboxylic acid groups (broad SMARTS) is 1. The van der Waals surface area contributed by atoms with E-state index in [0.29, 0.717) is 33.7 Å². The third-order valence-electron chi connectivity index (χ3n) is 6.50. The normalized spacial score (nSPS) is 11.5. The van der Waals surface area contributed by atoms with Crippen LogP contribution in [0.5, 0.6) is 17.4 Å². The molecule has 1 N–H and O–H groups in total. The number of aromatic nitrogens is 3. The summed E-state index contributed by atoms with van der Waals surface area (Å²) in [5.74, 6) is 0.554. The van der Waals surface area contributed by atoms with Gasteiger partial charge in [0.2, 0.25) is 0 Å². The van der Waals surface area contributed by atoms with Crippen molar-refractivity contribution in [2.24, 2.45) is 0 Å². The van der Waals surface area contributed by atoms with Crippen molar-refractivity contribution in [3.63, 3.8) is 0 Å². The monoisotopic (exact) mass is 603 g/mol. The molecule has 5 aromatic rings. The van der Waals surface area contributed by atoms with E-state index in [-0.39, 0.29) is 6.42 Å². The molecule has 0 fully saturated rings. The summed E-state index contributed by atoms with van der Waals surface area (Å²) in [7, 11) is 3.10. The lowest BCUT2D eigenvalue weighted by molar-refractivity contribution is -0.136. The zero-order valence-electron chi connectivity index (χ0n) is 24.1. The number of halogens is 1. The van der Waals surface area contributed by atoms with Crippen molar-refractivity contribution in [3.8, 4) is 50.3 Å². The number of benzene rings is 2. The molecular formula is C32H30ClN3O5S. The molecule has 0 amide bonds. The summed E-state index contributed by atoms with van der Waals surface area (Å²) >= 11 is 7.87. The van der Waals surface area contributed by atoms with Crippen LogP contribution in [0.2, 0.25) is 5.02 Å². The highest BCUT2D eigenvalue weighted by molar-refractivity contribution is 7.22. The average Bonchev–Trinajstić information content (AvgIpc) is 3.36. The van der Waals surface area contributed by atoms with Gasteiger partial charge in [-0.2, -0.15) is 0 Å². The molecule has 0 spiro atoms. The van der Waals surface area contributed by atoms with Crippen LogP contribution >= 0.6 is 22.9 Å². The standard InChI is InChI=1S/C32H30ClN3O5S/c1-17-11-24-29(28(22(17)15-27(37)38)21-8-7-20(33)14-25(21)41-32(2,3)4)42-31(36-24)18-9-10-34-23(12-18)19-13-26(39-5)30(40-6)35-16-19/h7-14,16H,15H2,1-6H3,(H,37,38). The van der Waals surface area contributed by atoms with Gasteiger partial charge in [-0.25, -0.2) is 9.97 Å². The maximum absolute atomic E-state index is 12.0. The van der Waals surface area contributed by atoms with E-state index in [4.69, 9.17) is 30.8 Å². The van der Waals surface area contributed by atoms with Gasteiger partial charge < -0.3 is 19.3 Å². The highest BCUT2D eigenvalue weighted by Gasteiger charge is 2.24. The number of fused-ring (bicyclic) bond motifs is 1. The second-order valence-corrected chi connectivity index (χ2v) is 12.1. The Kier molecular flexibility index (Phi) is 8.08. The molecule has 0 aliphatic heterocycles. The van der Waals surface area contributed by atoms with Gasteiger partial charge in [-0.1, -0.05) is 11.6 Å². The number of rotatable bonds is 8. The molecule has 8 nitrogen and oxygen atoms in total. The molecule has 0 saturated carbocycles. The first-order chi connectivity index (χ1) is 20.0. The Morgan fingerprint density at radius 2 is 1.79 bits per heavy atom. The van der Waals surface area contributed by atoms with Gasteiger partial charge in [0, 0.05) is 39.7 Å². The van der Waals surface area contributed by atoms with Gasteiger partial charge in [0.25, 0.3) is 5.88 Å². The third kappa shape index (κ3) is 6.03. The van der Waals surface area contributed by atoms with Crippen molar-refractivity contribution in [2.45, 2.75) is 39.7 Å². The van der Waals surface area contributed by atoms with E-state index in [2.05, 4.69) is 9.97 Å². The van der Waals surface area contributed by atoms with E-state index >= 15 is 0 Å². The lowest BCUT2D eigenvalue weighted by atomic mass is 9.92. The topological polar surface area (TPSA) is 104 Å². The molecule has 5 rings (SSSR count). The minimum Gasteiger partial charge on any atom is -0.491 e. The predicted molar refractivity (Wildman–Crippen MR) is 166 cm³/mol. The van der Waals surface area contributed by atoms with Crippen LogP contribution in [0.25, 0.3) is 43.2 Å². The molecule has 3 heterocycles. The average molecular weight is 604 g/mol. The van der Waals surface area contributed by atoms with E-state index in [1.165, 1.54) is 18.4 Å². The molecule has 2 aromatic carbocycles. The van der Waals surface area contributed by atoms with E-state index in [1.807, 2.05) is 58.0 Å². The lowest BCUT2D eigenvalue weighted by Crippen LogP contribution is -2.23. The van der Waals surface area contributed by atoms with Crippen LogP contribution < -0.4 is 14.2 Å². The predicted octanol–water partition coefficient (Wildman–Crippen LogP) is 7.87. The van der Waals surface area contributed by atoms with Gasteiger partial charge >= 0.3 is 5.97 Å². The van der Waals surface area contributed by atoms with Crippen LogP contribution in [0.3, 0.4) is 0 Å². The number of hydrogen-bond acceptors (Lipinski definition) is 8. The molecule has 0 atom stereocenters. The molecule has 10 heteroatoms. The largest absolute Gasteiger partial charge is 0.491 e. The van der Waals surface area contributed by atoms with E-state index < -0.39 is 11.6 Å². The molecular weight excluding hydrogens is 574 g/mol. The summed E-state index contributed by atoms with van der Waals surface area (Å²) in [6.45, 7) is 7.79. The number of methoxy groups -OCH3 is 2. The van der Waals surface area contributed by atoms with Crippen molar-refractivity contribution in [3.05, 3.63) is 71.0 Å². The SMILES string of the molecule is COc1cc(-c2cc(-c3nc4cc(C)c(CC(=O)O)c(-c5ccc(Cl)cc5OC(C)(C)C)c4s3)ccn2)cnc1OC.